The highest BCUT2D eigenvalue weighted by Gasteiger charge is 2.44. The van der Waals surface area contributed by atoms with Crippen LogP contribution in [0.15, 0.2) is 48.8 Å². The summed E-state index contributed by atoms with van der Waals surface area (Å²) in [6.07, 6.45) is 5.61. The second kappa shape index (κ2) is 8.87. The Labute approximate surface area is 185 Å². The Morgan fingerprint density at radius 1 is 1.19 bits per heavy atom. The van der Waals surface area contributed by atoms with Crippen molar-refractivity contribution in [2.24, 2.45) is 0 Å². The van der Waals surface area contributed by atoms with Gasteiger partial charge in [-0.05, 0) is 57.7 Å². The third-order valence-electron chi connectivity index (χ3n) is 6.27. The van der Waals surface area contributed by atoms with E-state index in [2.05, 4.69) is 45.2 Å². The molecule has 2 bridgehead atoms. The number of piperazine rings is 1. The maximum absolute atomic E-state index is 12.4. The average Bonchev–Trinajstić information content (AvgIpc) is 2.72. The third-order valence-corrected chi connectivity index (χ3v) is 6.27. The third kappa shape index (κ3) is 5.18. The molecule has 1 N–H and O–H groups in total. The molecule has 0 aliphatic carbocycles. The molecule has 166 valence electrons. The average molecular weight is 423 g/mol. The van der Waals surface area contributed by atoms with Crippen molar-refractivity contribution in [3.05, 3.63) is 59.9 Å². The number of amides is 1. The fraction of sp³-hybridized carbons (Fsp3) is 0.520. The first-order valence-corrected chi connectivity index (χ1v) is 11.3. The highest BCUT2D eigenvalue weighted by molar-refractivity contribution is 5.68. The Bertz CT molecular complexity index is 884. The monoisotopic (exact) mass is 422 g/mol. The van der Waals surface area contributed by atoms with E-state index in [0.717, 1.165) is 31.6 Å². The molecule has 3 aliphatic heterocycles. The van der Waals surface area contributed by atoms with Crippen molar-refractivity contribution in [2.75, 3.05) is 24.5 Å². The predicted octanol–water partition coefficient (Wildman–Crippen LogP) is 4.31. The molecule has 3 aliphatic rings. The van der Waals surface area contributed by atoms with Gasteiger partial charge in [0.15, 0.2) is 0 Å². The van der Waals surface area contributed by atoms with Gasteiger partial charge in [-0.1, -0.05) is 30.3 Å². The van der Waals surface area contributed by atoms with E-state index in [1.54, 1.807) is 0 Å². The van der Waals surface area contributed by atoms with Crippen LogP contribution in [0.1, 0.15) is 50.8 Å². The van der Waals surface area contributed by atoms with Gasteiger partial charge in [0.05, 0.1) is 17.9 Å². The van der Waals surface area contributed by atoms with Gasteiger partial charge in [-0.3, -0.25) is 9.88 Å². The minimum absolute atomic E-state index is 0.0611. The maximum Gasteiger partial charge on any atom is 0.408 e. The Morgan fingerprint density at radius 3 is 2.55 bits per heavy atom. The maximum atomic E-state index is 12.4. The number of carbonyl (C=O) groups excluding carboxylic acids is 1. The summed E-state index contributed by atoms with van der Waals surface area (Å²) in [5.74, 6) is 0. The number of ether oxygens (including phenoxy) is 1. The molecule has 3 saturated heterocycles. The number of rotatable bonds is 6. The van der Waals surface area contributed by atoms with Gasteiger partial charge in [0, 0.05) is 37.9 Å². The molecular weight excluding hydrogens is 388 g/mol. The predicted molar refractivity (Wildman–Crippen MR) is 123 cm³/mol. The van der Waals surface area contributed by atoms with Crippen LogP contribution in [0.5, 0.6) is 0 Å². The zero-order valence-electron chi connectivity index (χ0n) is 19.0. The number of nitrogens with zero attached hydrogens (tertiary/aromatic N) is 3. The van der Waals surface area contributed by atoms with Crippen LogP contribution in [-0.2, 0) is 4.74 Å². The number of nitrogens with one attached hydrogen (secondary N) is 1. The Morgan fingerprint density at radius 2 is 1.90 bits per heavy atom. The van der Waals surface area contributed by atoms with Crippen LogP contribution in [0.2, 0.25) is 0 Å². The van der Waals surface area contributed by atoms with Crippen LogP contribution < -0.4 is 10.2 Å². The number of aromatic nitrogens is 1. The number of carbonyl (C=O) groups is 1. The van der Waals surface area contributed by atoms with E-state index in [1.807, 2.05) is 51.4 Å². The van der Waals surface area contributed by atoms with Crippen molar-refractivity contribution in [3.63, 3.8) is 0 Å². The number of hydrogen-bond acceptors (Lipinski definition) is 5. The molecule has 3 atom stereocenters. The minimum atomic E-state index is -0.506. The summed E-state index contributed by atoms with van der Waals surface area (Å²) in [6.45, 7) is 10.9. The zero-order valence-corrected chi connectivity index (χ0v) is 19.0. The summed E-state index contributed by atoms with van der Waals surface area (Å²) in [5.41, 5.74) is 3.15. The number of anilines is 1. The number of benzene rings is 1. The second-order valence-electron chi connectivity index (χ2n) is 9.75. The smallest absolute Gasteiger partial charge is 0.408 e. The van der Waals surface area contributed by atoms with Crippen LogP contribution >= 0.6 is 0 Å². The van der Waals surface area contributed by atoms with Gasteiger partial charge in [-0.2, -0.15) is 0 Å². The molecule has 0 radical (unpaired) electrons. The van der Waals surface area contributed by atoms with Gasteiger partial charge in [0.25, 0.3) is 0 Å². The first-order valence-electron chi connectivity index (χ1n) is 11.3. The molecule has 1 aromatic carbocycles. The molecule has 0 saturated carbocycles. The lowest BCUT2D eigenvalue weighted by Gasteiger charge is -2.57. The van der Waals surface area contributed by atoms with E-state index in [1.165, 1.54) is 17.7 Å². The lowest BCUT2D eigenvalue weighted by molar-refractivity contribution is -0.00417. The molecule has 3 fully saturated rings. The van der Waals surface area contributed by atoms with Gasteiger partial charge in [0.2, 0.25) is 0 Å². The molecule has 6 heteroatoms. The summed E-state index contributed by atoms with van der Waals surface area (Å²) in [6, 6.07) is 13.3. The van der Waals surface area contributed by atoms with Gasteiger partial charge < -0.3 is 15.0 Å². The Balaban J connectivity index is 1.37. The van der Waals surface area contributed by atoms with E-state index in [-0.39, 0.29) is 12.1 Å². The van der Waals surface area contributed by atoms with E-state index in [9.17, 15) is 4.79 Å². The molecule has 4 heterocycles. The molecule has 1 amide bonds. The molecule has 5 rings (SSSR count). The summed E-state index contributed by atoms with van der Waals surface area (Å²) < 4.78 is 5.51. The topological polar surface area (TPSA) is 57.7 Å². The van der Waals surface area contributed by atoms with Gasteiger partial charge in [0.1, 0.15) is 5.60 Å². The molecule has 0 spiro atoms. The number of aryl methyl sites for hydroxylation is 1. The highest BCUT2D eigenvalue weighted by atomic mass is 16.6. The normalized spacial score (nSPS) is 21.9. The van der Waals surface area contributed by atoms with Crippen molar-refractivity contribution < 1.29 is 9.53 Å². The summed E-state index contributed by atoms with van der Waals surface area (Å²) in [4.78, 5) is 21.8. The van der Waals surface area contributed by atoms with E-state index in [0.29, 0.717) is 12.1 Å². The lowest BCUT2D eigenvalue weighted by Crippen LogP contribution is -2.69. The largest absolute Gasteiger partial charge is 0.444 e. The number of hydrogen-bond donors (Lipinski definition) is 1. The SMILES string of the molecule is Cc1ccncc1N1CC2CC(C1)N2CCC(NC(=O)OC(C)(C)C)c1ccccc1. The number of pyridine rings is 1. The molecular formula is C25H34N4O2. The van der Waals surface area contributed by atoms with Gasteiger partial charge in [-0.25, -0.2) is 4.79 Å². The van der Waals surface area contributed by atoms with Crippen molar-refractivity contribution in [1.82, 2.24) is 15.2 Å². The van der Waals surface area contributed by atoms with E-state index in [4.69, 9.17) is 4.74 Å². The van der Waals surface area contributed by atoms with Crippen LogP contribution in [0.3, 0.4) is 0 Å². The highest BCUT2D eigenvalue weighted by Crippen LogP contribution is 2.36. The fourth-order valence-electron chi connectivity index (χ4n) is 4.77. The molecule has 6 nitrogen and oxygen atoms in total. The van der Waals surface area contributed by atoms with Crippen molar-refractivity contribution >= 4 is 11.8 Å². The van der Waals surface area contributed by atoms with Crippen LogP contribution in [0, 0.1) is 6.92 Å². The van der Waals surface area contributed by atoms with Crippen molar-refractivity contribution in [2.45, 2.75) is 64.3 Å². The summed E-state index contributed by atoms with van der Waals surface area (Å²) >= 11 is 0. The van der Waals surface area contributed by atoms with Crippen LogP contribution in [0.4, 0.5) is 10.5 Å². The first kappa shape index (κ1) is 21.6. The van der Waals surface area contributed by atoms with E-state index < -0.39 is 5.60 Å². The van der Waals surface area contributed by atoms with E-state index >= 15 is 0 Å². The van der Waals surface area contributed by atoms with Crippen molar-refractivity contribution in [1.29, 1.82) is 0 Å². The summed E-state index contributed by atoms with van der Waals surface area (Å²) in [5, 5.41) is 3.09. The standard InChI is InChI=1S/C25H34N4O2/c1-18-10-12-26-15-23(18)28-16-20-14-21(17-28)29(20)13-11-22(19-8-6-5-7-9-19)27-24(30)31-25(2,3)4/h5-10,12,15,20-22H,11,13-14,16-17H2,1-4H3,(H,27,30). The quantitative estimate of drug-likeness (QED) is 0.752. The lowest BCUT2D eigenvalue weighted by atomic mass is 9.86. The minimum Gasteiger partial charge on any atom is -0.444 e. The van der Waals surface area contributed by atoms with Crippen LogP contribution in [0.25, 0.3) is 0 Å². The Kier molecular flexibility index (Phi) is 6.19. The van der Waals surface area contributed by atoms with Gasteiger partial charge >= 0.3 is 6.09 Å². The first-order chi connectivity index (χ1) is 14.8. The summed E-state index contributed by atoms with van der Waals surface area (Å²) in [7, 11) is 0. The van der Waals surface area contributed by atoms with Crippen molar-refractivity contribution in [3.8, 4) is 0 Å². The van der Waals surface area contributed by atoms with Gasteiger partial charge in [-0.15, -0.1) is 0 Å². The Hall–Kier alpha value is -2.60. The molecule has 2 aromatic rings. The molecule has 3 unspecified atom stereocenters. The zero-order chi connectivity index (χ0) is 22.0. The molecule has 31 heavy (non-hydrogen) atoms. The molecule has 1 aromatic heterocycles. The number of alkyl carbamates (subject to hydrolysis) is 1. The van der Waals surface area contributed by atoms with Crippen LogP contribution in [-0.4, -0.2) is 53.3 Å². The number of piperidine rings is 1. The fourth-order valence-corrected chi connectivity index (χ4v) is 4.77. The number of fused-ring (bicyclic) bond motifs is 2. The second-order valence-corrected chi connectivity index (χ2v) is 9.75.